The number of carbonyl (C=O) groups excluding carboxylic acids is 1. The SMILES string of the molecule is COc1cc(OC)c(Cl)c(C(=O)Nc2cnc3[nH]ccc3c2)c1Cl. The molecular formula is C16H13Cl2N3O3. The fraction of sp³-hybridized carbons (Fsp3) is 0.125. The average molecular weight is 366 g/mol. The molecule has 0 bridgehead atoms. The Morgan fingerprint density at radius 1 is 1.17 bits per heavy atom. The second kappa shape index (κ2) is 6.59. The van der Waals surface area contributed by atoms with E-state index in [1.807, 2.05) is 6.07 Å². The van der Waals surface area contributed by atoms with Gasteiger partial charge in [-0.15, -0.1) is 0 Å². The Morgan fingerprint density at radius 3 is 2.46 bits per heavy atom. The van der Waals surface area contributed by atoms with E-state index in [4.69, 9.17) is 32.7 Å². The van der Waals surface area contributed by atoms with Crippen molar-refractivity contribution in [1.82, 2.24) is 9.97 Å². The maximum atomic E-state index is 12.6. The topological polar surface area (TPSA) is 76.2 Å². The number of pyridine rings is 1. The second-order valence-electron chi connectivity index (χ2n) is 4.88. The Hall–Kier alpha value is -2.44. The molecule has 2 aromatic heterocycles. The van der Waals surface area contributed by atoms with Gasteiger partial charge in [-0.2, -0.15) is 0 Å². The minimum Gasteiger partial charge on any atom is -0.495 e. The fourth-order valence-corrected chi connectivity index (χ4v) is 2.96. The van der Waals surface area contributed by atoms with Crippen LogP contribution in [0.2, 0.25) is 10.0 Å². The maximum Gasteiger partial charge on any atom is 0.259 e. The molecule has 24 heavy (non-hydrogen) atoms. The standard InChI is InChI=1S/C16H13Cl2N3O3/c1-23-10-6-11(24-2)14(18)12(13(10)17)16(22)21-9-5-8-3-4-19-15(8)20-7-9/h3-7H,1-2H3,(H,19,20)(H,21,22). The molecule has 0 radical (unpaired) electrons. The number of H-pyrrole nitrogens is 1. The van der Waals surface area contributed by atoms with Crippen molar-refractivity contribution in [2.24, 2.45) is 0 Å². The number of aromatic amines is 1. The fourth-order valence-electron chi connectivity index (χ4n) is 2.29. The van der Waals surface area contributed by atoms with Crippen LogP contribution in [-0.4, -0.2) is 30.1 Å². The third-order valence-electron chi connectivity index (χ3n) is 3.46. The van der Waals surface area contributed by atoms with Gasteiger partial charge in [-0.25, -0.2) is 4.98 Å². The van der Waals surface area contributed by atoms with E-state index in [0.29, 0.717) is 17.2 Å². The van der Waals surface area contributed by atoms with Crippen molar-refractivity contribution in [2.45, 2.75) is 0 Å². The third kappa shape index (κ3) is 2.86. The van der Waals surface area contributed by atoms with Gasteiger partial charge in [-0.3, -0.25) is 4.79 Å². The highest BCUT2D eigenvalue weighted by Gasteiger charge is 2.23. The molecule has 0 aliphatic heterocycles. The molecule has 0 fully saturated rings. The Balaban J connectivity index is 1.99. The van der Waals surface area contributed by atoms with Gasteiger partial charge in [0.1, 0.15) is 17.1 Å². The van der Waals surface area contributed by atoms with E-state index in [0.717, 1.165) is 11.0 Å². The molecule has 1 aromatic carbocycles. The summed E-state index contributed by atoms with van der Waals surface area (Å²) in [5.41, 5.74) is 1.32. The number of hydrogen-bond acceptors (Lipinski definition) is 4. The molecule has 0 aliphatic rings. The summed E-state index contributed by atoms with van der Waals surface area (Å²) in [6, 6.07) is 5.16. The van der Waals surface area contributed by atoms with Crippen molar-refractivity contribution in [2.75, 3.05) is 19.5 Å². The molecule has 0 saturated carbocycles. The smallest absolute Gasteiger partial charge is 0.259 e. The number of nitrogens with one attached hydrogen (secondary N) is 2. The van der Waals surface area contributed by atoms with Crippen molar-refractivity contribution in [3.05, 3.63) is 46.2 Å². The van der Waals surface area contributed by atoms with Crippen LogP contribution in [0, 0.1) is 0 Å². The monoisotopic (exact) mass is 365 g/mol. The zero-order chi connectivity index (χ0) is 17.3. The summed E-state index contributed by atoms with van der Waals surface area (Å²) in [5, 5.41) is 3.81. The number of aromatic nitrogens is 2. The van der Waals surface area contributed by atoms with Gasteiger partial charge in [0, 0.05) is 17.6 Å². The van der Waals surface area contributed by atoms with Crippen molar-refractivity contribution in [1.29, 1.82) is 0 Å². The van der Waals surface area contributed by atoms with Gasteiger partial charge in [0.25, 0.3) is 5.91 Å². The van der Waals surface area contributed by atoms with Crippen LogP contribution in [0.3, 0.4) is 0 Å². The molecule has 2 heterocycles. The Kier molecular flexibility index (Phi) is 4.51. The first-order valence-corrected chi connectivity index (χ1v) is 7.65. The van der Waals surface area contributed by atoms with E-state index in [1.165, 1.54) is 26.5 Å². The summed E-state index contributed by atoms with van der Waals surface area (Å²) < 4.78 is 10.3. The molecular weight excluding hydrogens is 353 g/mol. The Bertz CT molecular complexity index is 896. The molecule has 8 heteroatoms. The van der Waals surface area contributed by atoms with Crippen LogP contribution in [-0.2, 0) is 0 Å². The van der Waals surface area contributed by atoms with Gasteiger partial charge in [-0.05, 0) is 12.1 Å². The number of fused-ring (bicyclic) bond motifs is 1. The molecule has 3 aromatic rings. The lowest BCUT2D eigenvalue weighted by atomic mass is 10.1. The summed E-state index contributed by atoms with van der Waals surface area (Å²) in [4.78, 5) is 19.8. The van der Waals surface area contributed by atoms with E-state index in [9.17, 15) is 4.79 Å². The van der Waals surface area contributed by atoms with Crippen LogP contribution in [0.4, 0.5) is 5.69 Å². The summed E-state index contributed by atoms with van der Waals surface area (Å²) in [7, 11) is 2.89. The lowest BCUT2D eigenvalue weighted by Crippen LogP contribution is -2.14. The quantitative estimate of drug-likeness (QED) is 0.728. The minimum atomic E-state index is -0.487. The number of methoxy groups -OCH3 is 2. The number of benzene rings is 1. The molecule has 0 aliphatic carbocycles. The van der Waals surface area contributed by atoms with Gasteiger partial charge in [-0.1, -0.05) is 23.2 Å². The van der Waals surface area contributed by atoms with E-state index < -0.39 is 5.91 Å². The highest BCUT2D eigenvalue weighted by Crippen LogP contribution is 2.40. The summed E-state index contributed by atoms with van der Waals surface area (Å²) in [5.74, 6) is 0.100. The van der Waals surface area contributed by atoms with E-state index in [2.05, 4.69) is 15.3 Å². The Morgan fingerprint density at radius 2 is 1.83 bits per heavy atom. The third-order valence-corrected chi connectivity index (χ3v) is 4.21. The van der Waals surface area contributed by atoms with Gasteiger partial charge < -0.3 is 19.8 Å². The van der Waals surface area contributed by atoms with Crippen molar-refractivity contribution in [3.63, 3.8) is 0 Å². The number of hydrogen-bond donors (Lipinski definition) is 2. The number of nitrogens with zero attached hydrogens (tertiary/aromatic N) is 1. The number of anilines is 1. The number of amides is 1. The number of halogens is 2. The predicted molar refractivity (Wildman–Crippen MR) is 93.6 cm³/mol. The first-order valence-electron chi connectivity index (χ1n) is 6.89. The van der Waals surface area contributed by atoms with Crippen molar-refractivity contribution in [3.8, 4) is 11.5 Å². The molecule has 1 amide bonds. The van der Waals surface area contributed by atoms with Crippen LogP contribution in [0.15, 0.2) is 30.6 Å². The molecule has 0 saturated heterocycles. The van der Waals surface area contributed by atoms with E-state index in [1.54, 1.807) is 12.3 Å². The van der Waals surface area contributed by atoms with E-state index >= 15 is 0 Å². The van der Waals surface area contributed by atoms with Crippen LogP contribution in [0.1, 0.15) is 10.4 Å². The van der Waals surface area contributed by atoms with Crippen molar-refractivity contribution < 1.29 is 14.3 Å². The minimum absolute atomic E-state index is 0.0729. The first kappa shape index (κ1) is 16.4. The van der Waals surface area contributed by atoms with Crippen LogP contribution in [0.25, 0.3) is 11.0 Å². The van der Waals surface area contributed by atoms with E-state index in [-0.39, 0.29) is 15.6 Å². The van der Waals surface area contributed by atoms with Gasteiger partial charge in [0.15, 0.2) is 0 Å². The maximum absolute atomic E-state index is 12.6. The number of ether oxygens (including phenoxy) is 2. The van der Waals surface area contributed by atoms with Gasteiger partial charge >= 0.3 is 0 Å². The van der Waals surface area contributed by atoms with Crippen LogP contribution < -0.4 is 14.8 Å². The summed E-state index contributed by atoms with van der Waals surface area (Å²) in [6.07, 6.45) is 3.31. The normalized spacial score (nSPS) is 10.7. The summed E-state index contributed by atoms with van der Waals surface area (Å²) >= 11 is 12.5. The lowest BCUT2D eigenvalue weighted by molar-refractivity contribution is 0.102. The van der Waals surface area contributed by atoms with Gasteiger partial charge in [0.2, 0.25) is 0 Å². The molecule has 2 N–H and O–H groups in total. The van der Waals surface area contributed by atoms with Crippen molar-refractivity contribution >= 4 is 45.8 Å². The highest BCUT2D eigenvalue weighted by molar-refractivity contribution is 6.42. The van der Waals surface area contributed by atoms with Gasteiger partial charge in [0.05, 0.1) is 41.7 Å². The predicted octanol–water partition coefficient (Wildman–Crippen LogP) is 4.14. The zero-order valence-electron chi connectivity index (χ0n) is 12.8. The first-order chi connectivity index (χ1) is 11.5. The average Bonchev–Trinajstić information content (AvgIpc) is 3.03. The molecule has 3 rings (SSSR count). The lowest BCUT2D eigenvalue weighted by Gasteiger charge is -2.14. The van der Waals surface area contributed by atoms with Crippen LogP contribution in [0.5, 0.6) is 11.5 Å². The number of rotatable bonds is 4. The molecule has 6 nitrogen and oxygen atoms in total. The molecule has 0 spiro atoms. The summed E-state index contributed by atoms with van der Waals surface area (Å²) in [6.45, 7) is 0. The zero-order valence-corrected chi connectivity index (χ0v) is 14.3. The molecule has 0 unspecified atom stereocenters. The largest absolute Gasteiger partial charge is 0.495 e. The molecule has 0 atom stereocenters. The highest BCUT2D eigenvalue weighted by atomic mass is 35.5. The Labute approximate surface area is 147 Å². The number of carbonyl (C=O) groups is 1. The van der Waals surface area contributed by atoms with Crippen LogP contribution >= 0.6 is 23.2 Å². The second-order valence-corrected chi connectivity index (χ2v) is 5.63. The molecule has 124 valence electrons.